The number of nitrogens with one attached hydrogen (secondary N) is 1. The smallest absolute Gasteiger partial charge is 0.221 e. The van der Waals surface area contributed by atoms with Gasteiger partial charge in [0.1, 0.15) is 0 Å². The number of ether oxygens (including phenoxy) is 2. The molecule has 1 fully saturated rings. The Bertz CT molecular complexity index is 1350. The second kappa shape index (κ2) is 13.7. The Morgan fingerprint density at radius 2 is 1.41 bits per heavy atom. The molecule has 1 aliphatic heterocycles. The third kappa shape index (κ3) is 7.69. The van der Waals surface area contributed by atoms with Crippen LogP contribution in [0.25, 0.3) is 0 Å². The van der Waals surface area contributed by atoms with E-state index in [1.54, 1.807) is 0 Å². The lowest BCUT2D eigenvalue weighted by Crippen LogP contribution is -2.44. The van der Waals surface area contributed by atoms with E-state index in [-0.39, 0.29) is 30.6 Å². The summed E-state index contributed by atoms with van der Waals surface area (Å²) in [5.41, 5.74) is 5.96. The predicted octanol–water partition coefficient (Wildman–Crippen LogP) is 6.63. The van der Waals surface area contributed by atoms with Crippen molar-refractivity contribution in [3.05, 3.63) is 137 Å². The van der Waals surface area contributed by atoms with Gasteiger partial charge in [-0.15, -0.1) is 0 Å². The summed E-state index contributed by atoms with van der Waals surface area (Å²) in [7, 11) is 0. The zero-order valence-corrected chi connectivity index (χ0v) is 23.6. The van der Waals surface area contributed by atoms with Crippen molar-refractivity contribution in [2.24, 2.45) is 5.92 Å². The molecule has 4 atom stereocenters. The normalized spacial score (nSPS) is 20.6. The maximum absolute atomic E-state index is 11.7. The number of benzene rings is 4. The van der Waals surface area contributed by atoms with E-state index in [1.807, 2.05) is 60.7 Å². The second-order valence-electron chi connectivity index (χ2n) is 10.8. The van der Waals surface area contributed by atoms with E-state index < -0.39 is 6.29 Å². The molecule has 4 aromatic rings. The van der Waals surface area contributed by atoms with Crippen LogP contribution in [0.4, 0.5) is 5.69 Å². The van der Waals surface area contributed by atoms with Crippen LogP contribution in [0.3, 0.4) is 0 Å². The lowest BCUT2D eigenvalue weighted by atomic mass is 9.89. The van der Waals surface area contributed by atoms with E-state index in [4.69, 9.17) is 9.47 Å². The van der Waals surface area contributed by atoms with Gasteiger partial charge in [0.2, 0.25) is 5.91 Å². The van der Waals surface area contributed by atoms with Crippen LogP contribution in [0.2, 0.25) is 0 Å². The van der Waals surface area contributed by atoms with Crippen LogP contribution in [0, 0.1) is 5.92 Å². The molecule has 1 aliphatic rings. The highest BCUT2D eigenvalue weighted by Crippen LogP contribution is 2.42. The van der Waals surface area contributed by atoms with Crippen molar-refractivity contribution in [3.8, 4) is 0 Å². The molecule has 0 radical (unpaired) electrons. The summed E-state index contributed by atoms with van der Waals surface area (Å²) in [4.78, 5) is 14.1. The van der Waals surface area contributed by atoms with Crippen LogP contribution in [0.1, 0.15) is 54.1 Å². The molecule has 0 bridgehead atoms. The number of aliphatic hydroxyl groups is 1. The number of nitrogens with zero attached hydrogens (tertiary/aromatic N) is 1. The van der Waals surface area contributed by atoms with E-state index in [1.165, 1.54) is 18.1 Å². The van der Waals surface area contributed by atoms with Crippen molar-refractivity contribution in [3.63, 3.8) is 0 Å². The Balaban J connectivity index is 1.45. The maximum Gasteiger partial charge on any atom is 0.221 e. The van der Waals surface area contributed by atoms with Crippen molar-refractivity contribution in [2.75, 3.05) is 11.9 Å². The first-order chi connectivity index (χ1) is 20.0. The summed E-state index contributed by atoms with van der Waals surface area (Å²) >= 11 is 0. The van der Waals surface area contributed by atoms with E-state index in [0.29, 0.717) is 12.2 Å². The van der Waals surface area contributed by atoms with Crippen LogP contribution in [-0.2, 0) is 34.0 Å². The van der Waals surface area contributed by atoms with Gasteiger partial charge in [0.25, 0.3) is 0 Å². The van der Waals surface area contributed by atoms with E-state index in [9.17, 15) is 9.90 Å². The Hall–Kier alpha value is -3.81. The average molecular weight is 551 g/mol. The van der Waals surface area contributed by atoms with Crippen molar-refractivity contribution in [1.82, 2.24) is 4.90 Å². The number of amides is 1. The molecule has 0 aliphatic carbocycles. The molecule has 1 amide bonds. The zero-order valence-electron chi connectivity index (χ0n) is 23.6. The van der Waals surface area contributed by atoms with Gasteiger partial charge >= 0.3 is 0 Å². The number of hydrogen-bond acceptors (Lipinski definition) is 5. The number of anilines is 1. The molecule has 2 N–H and O–H groups in total. The molecule has 4 aromatic carbocycles. The van der Waals surface area contributed by atoms with Crippen molar-refractivity contribution < 1.29 is 19.4 Å². The summed E-state index contributed by atoms with van der Waals surface area (Å²) in [5.74, 6) is -0.0720. The summed E-state index contributed by atoms with van der Waals surface area (Å²) < 4.78 is 13.4. The van der Waals surface area contributed by atoms with Gasteiger partial charge in [0.15, 0.2) is 6.29 Å². The Labute approximate surface area is 242 Å². The lowest BCUT2D eigenvalue weighted by Gasteiger charge is -2.43. The number of hydrogen-bond donors (Lipinski definition) is 2. The fourth-order valence-corrected chi connectivity index (χ4v) is 5.42. The molecule has 6 nitrogen and oxygen atoms in total. The van der Waals surface area contributed by atoms with Crippen molar-refractivity contribution in [2.45, 2.75) is 52.0 Å². The quantitative estimate of drug-likeness (QED) is 0.232. The number of carbonyl (C=O) groups is 1. The largest absolute Gasteiger partial charge is 0.392 e. The van der Waals surface area contributed by atoms with E-state index in [0.717, 1.165) is 29.8 Å². The number of rotatable bonds is 10. The average Bonchev–Trinajstić information content (AvgIpc) is 2.99. The molecule has 212 valence electrons. The zero-order chi connectivity index (χ0) is 28.6. The Morgan fingerprint density at radius 3 is 2.00 bits per heavy atom. The topological polar surface area (TPSA) is 71.0 Å². The lowest BCUT2D eigenvalue weighted by molar-refractivity contribution is -0.276. The fraction of sp³-hybridized carbons (Fsp3) is 0.286. The highest BCUT2D eigenvalue weighted by atomic mass is 16.7. The van der Waals surface area contributed by atoms with Gasteiger partial charge in [-0.2, -0.15) is 0 Å². The molecule has 41 heavy (non-hydrogen) atoms. The van der Waals surface area contributed by atoms with Crippen molar-refractivity contribution in [1.29, 1.82) is 0 Å². The minimum Gasteiger partial charge on any atom is -0.392 e. The molecule has 0 aromatic heterocycles. The molecule has 4 unspecified atom stereocenters. The van der Waals surface area contributed by atoms with Crippen LogP contribution in [0.15, 0.2) is 109 Å². The molecule has 1 heterocycles. The van der Waals surface area contributed by atoms with Gasteiger partial charge in [-0.3, -0.25) is 9.69 Å². The third-order valence-electron chi connectivity index (χ3n) is 7.54. The Morgan fingerprint density at radius 1 is 0.780 bits per heavy atom. The Kier molecular flexibility index (Phi) is 9.59. The summed E-state index contributed by atoms with van der Waals surface area (Å²) in [6.07, 6.45) is -0.956. The van der Waals surface area contributed by atoms with Crippen molar-refractivity contribution >= 4 is 11.6 Å². The van der Waals surface area contributed by atoms with E-state index >= 15 is 0 Å². The molecule has 5 rings (SSSR count). The van der Waals surface area contributed by atoms with Gasteiger partial charge in [-0.1, -0.05) is 104 Å². The maximum atomic E-state index is 11.7. The number of carbonyl (C=O) groups excluding carboxylic acids is 1. The van der Waals surface area contributed by atoms with Crippen LogP contribution in [-0.4, -0.2) is 28.6 Å². The SMILES string of the molecule is CC(=O)Nc1cccc(C2OC(CN(Cc3ccccc3)Cc3ccccc3)C(C)C(c3ccc(CO)cc3)O2)c1. The molecular formula is C35H38N2O4. The number of aliphatic hydroxyl groups excluding tert-OH is 1. The van der Waals surface area contributed by atoms with Gasteiger partial charge in [-0.05, 0) is 34.4 Å². The monoisotopic (exact) mass is 550 g/mol. The van der Waals surface area contributed by atoms with Gasteiger partial charge in [0.05, 0.1) is 18.8 Å². The minimum absolute atomic E-state index is 0.000405. The molecular weight excluding hydrogens is 512 g/mol. The first-order valence-corrected chi connectivity index (χ1v) is 14.2. The second-order valence-corrected chi connectivity index (χ2v) is 10.8. The van der Waals surface area contributed by atoms with E-state index in [2.05, 4.69) is 65.7 Å². The predicted molar refractivity (Wildman–Crippen MR) is 161 cm³/mol. The molecule has 6 heteroatoms. The summed E-state index contributed by atoms with van der Waals surface area (Å²) in [6, 6.07) is 36.6. The summed E-state index contributed by atoms with van der Waals surface area (Å²) in [6.45, 7) is 5.98. The van der Waals surface area contributed by atoms with Crippen LogP contribution < -0.4 is 5.32 Å². The van der Waals surface area contributed by atoms with Crippen LogP contribution in [0.5, 0.6) is 0 Å². The first-order valence-electron chi connectivity index (χ1n) is 14.2. The highest BCUT2D eigenvalue weighted by Gasteiger charge is 2.39. The first kappa shape index (κ1) is 28.7. The van der Waals surface area contributed by atoms with Gasteiger partial charge in [0, 0.05) is 43.7 Å². The van der Waals surface area contributed by atoms with Crippen LogP contribution >= 0.6 is 0 Å². The molecule has 0 spiro atoms. The molecule has 1 saturated heterocycles. The summed E-state index contributed by atoms with van der Waals surface area (Å²) in [5, 5.41) is 12.4. The highest BCUT2D eigenvalue weighted by molar-refractivity contribution is 5.88. The molecule has 0 saturated carbocycles. The third-order valence-corrected chi connectivity index (χ3v) is 7.54. The fourth-order valence-electron chi connectivity index (χ4n) is 5.42. The minimum atomic E-state index is -0.609. The van der Waals surface area contributed by atoms with Gasteiger partial charge in [-0.25, -0.2) is 0 Å². The standard InChI is InChI=1S/C35H38N2O4/c1-25-33(23-37(21-27-10-5-3-6-11-27)22-28-12-7-4-8-13-28)40-35(31-14-9-15-32(20-31)36-26(2)39)41-34(25)30-18-16-29(24-38)17-19-30/h3-20,25,33-35,38H,21-24H2,1-2H3,(H,36,39). The van der Waals surface area contributed by atoms with Gasteiger partial charge < -0.3 is 19.9 Å².